The van der Waals surface area contributed by atoms with Gasteiger partial charge in [0.25, 0.3) is 0 Å². The van der Waals surface area contributed by atoms with Crippen molar-refractivity contribution in [3.63, 3.8) is 0 Å². The lowest BCUT2D eigenvalue weighted by Crippen LogP contribution is -2.34. The van der Waals surface area contributed by atoms with Crippen LogP contribution in [0.3, 0.4) is 0 Å². The van der Waals surface area contributed by atoms with Crippen LogP contribution < -0.4 is 0 Å². The van der Waals surface area contributed by atoms with Gasteiger partial charge in [-0.3, -0.25) is 9.58 Å². The van der Waals surface area contributed by atoms with Crippen molar-refractivity contribution < 1.29 is 0 Å². The Labute approximate surface area is 120 Å². The highest BCUT2D eigenvalue weighted by atomic mass is 79.9. The first-order valence-corrected chi connectivity index (χ1v) is 7.61. The first-order valence-electron chi connectivity index (χ1n) is 6.82. The summed E-state index contributed by atoms with van der Waals surface area (Å²) >= 11 is 3.68. The van der Waals surface area contributed by atoms with E-state index in [0.717, 1.165) is 25.3 Å². The summed E-state index contributed by atoms with van der Waals surface area (Å²) in [4.78, 5) is 2.51. The van der Waals surface area contributed by atoms with Crippen molar-refractivity contribution >= 4 is 15.9 Å². The van der Waals surface area contributed by atoms with E-state index in [2.05, 4.69) is 72.2 Å². The predicted molar refractivity (Wildman–Crippen MR) is 80.7 cm³/mol. The molecular weight excluding hydrogens is 290 g/mol. The highest BCUT2D eigenvalue weighted by Crippen LogP contribution is 2.23. The van der Waals surface area contributed by atoms with Gasteiger partial charge in [-0.05, 0) is 49.5 Å². The van der Waals surface area contributed by atoms with Gasteiger partial charge in [0, 0.05) is 25.7 Å². The highest BCUT2D eigenvalue weighted by Gasteiger charge is 2.18. The largest absolute Gasteiger partial charge is 0.295 e. The van der Waals surface area contributed by atoms with Gasteiger partial charge in [-0.15, -0.1) is 0 Å². The molecular formula is C14H26BrN3. The molecule has 1 aromatic heterocycles. The molecule has 4 heteroatoms. The summed E-state index contributed by atoms with van der Waals surface area (Å²) in [5.41, 5.74) is 2.38. The van der Waals surface area contributed by atoms with Crippen molar-refractivity contribution in [2.45, 2.75) is 60.7 Å². The maximum Gasteiger partial charge on any atom is 0.0739 e. The molecule has 0 aliphatic rings. The summed E-state index contributed by atoms with van der Waals surface area (Å²) in [6.07, 6.45) is 0. The maximum atomic E-state index is 4.56. The lowest BCUT2D eigenvalue weighted by Gasteiger charge is -2.28. The molecule has 0 bridgehead atoms. The summed E-state index contributed by atoms with van der Waals surface area (Å²) in [7, 11) is 0. The topological polar surface area (TPSA) is 21.1 Å². The van der Waals surface area contributed by atoms with E-state index < -0.39 is 0 Å². The van der Waals surface area contributed by atoms with Gasteiger partial charge in [-0.25, -0.2) is 0 Å². The monoisotopic (exact) mass is 315 g/mol. The minimum atomic E-state index is 0.555. The second-order valence-corrected chi connectivity index (χ2v) is 6.37. The number of aromatic nitrogens is 2. The van der Waals surface area contributed by atoms with E-state index in [1.807, 2.05) is 0 Å². The van der Waals surface area contributed by atoms with Crippen molar-refractivity contribution in [3.05, 3.63) is 15.9 Å². The Hall–Kier alpha value is -0.350. The van der Waals surface area contributed by atoms with Crippen LogP contribution in [-0.4, -0.2) is 27.3 Å². The quantitative estimate of drug-likeness (QED) is 0.795. The van der Waals surface area contributed by atoms with Crippen molar-refractivity contribution in [1.82, 2.24) is 14.7 Å². The fourth-order valence-corrected chi connectivity index (χ4v) is 2.55. The molecule has 1 rings (SSSR count). The number of hydrogen-bond donors (Lipinski definition) is 0. The van der Waals surface area contributed by atoms with Crippen LogP contribution in [0.25, 0.3) is 0 Å². The Morgan fingerprint density at radius 2 is 1.89 bits per heavy atom. The molecule has 1 heterocycles. The van der Waals surface area contributed by atoms with Gasteiger partial charge < -0.3 is 0 Å². The molecule has 0 spiro atoms. The molecule has 0 N–H and O–H groups in total. The summed E-state index contributed by atoms with van der Waals surface area (Å²) in [5, 5.41) is 4.56. The van der Waals surface area contributed by atoms with E-state index in [-0.39, 0.29) is 0 Å². The lowest BCUT2D eigenvalue weighted by molar-refractivity contribution is 0.183. The molecule has 0 aliphatic carbocycles. The Morgan fingerprint density at radius 3 is 2.33 bits per heavy atom. The molecule has 0 radical (unpaired) electrons. The van der Waals surface area contributed by atoms with Crippen molar-refractivity contribution in [3.8, 4) is 0 Å². The van der Waals surface area contributed by atoms with Gasteiger partial charge in [0.15, 0.2) is 0 Å². The SMILES string of the molecule is CCn1nc(C)c(Br)c1CN(CC(C)C)C(C)C. The third-order valence-corrected chi connectivity index (χ3v) is 4.17. The normalized spacial score (nSPS) is 12.1. The molecule has 0 unspecified atom stereocenters. The van der Waals surface area contributed by atoms with Gasteiger partial charge in [0.2, 0.25) is 0 Å². The number of rotatable bonds is 6. The fraction of sp³-hybridized carbons (Fsp3) is 0.786. The molecule has 0 atom stereocenters. The molecule has 0 saturated carbocycles. The first-order chi connectivity index (χ1) is 8.36. The zero-order chi connectivity index (χ0) is 13.9. The smallest absolute Gasteiger partial charge is 0.0739 e. The minimum Gasteiger partial charge on any atom is -0.295 e. The van der Waals surface area contributed by atoms with E-state index >= 15 is 0 Å². The van der Waals surface area contributed by atoms with Crippen LogP contribution in [0.2, 0.25) is 0 Å². The summed E-state index contributed by atoms with van der Waals surface area (Å²) in [6, 6.07) is 0.555. The molecule has 0 aromatic carbocycles. The van der Waals surface area contributed by atoms with Crippen molar-refractivity contribution in [1.29, 1.82) is 0 Å². The third-order valence-electron chi connectivity index (χ3n) is 3.14. The van der Waals surface area contributed by atoms with Gasteiger partial charge in [-0.2, -0.15) is 5.10 Å². The van der Waals surface area contributed by atoms with E-state index in [9.17, 15) is 0 Å². The Balaban J connectivity index is 2.92. The predicted octanol–water partition coefficient (Wildman–Crippen LogP) is 3.84. The van der Waals surface area contributed by atoms with Crippen LogP contribution in [0, 0.1) is 12.8 Å². The molecule has 104 valence electrons. The second kappa shape index (κ2) is 6.71. The first kappa shape index (κ1) is 15.7. The third kappa shape index (κ3) is 3.82. The Kier molecular flexibility index (Phi) is 5.86. The molecule has 1 aromatic rings. The van der Waals surface area contributed by atoms with Crippen LogP contribution in [0.5, 0.6) is 0 Å². The second-order valence-electron chi connectivity index (χ2n) is 5.58. The van der Waals surface area contributed by atoms with Crippen LogP contribution >= 0.6 is 15.9 Å². The van der Waals surface area contributed by atoms with E-state index in [0.29, 0.717) is 12.0 Å². The Bertz CT molecular complexity index is 383. The summed E-state index contributed by atoms with van der Waals surface area (Å²) in [5.74, 6) is 0.685. The van der Waals surface area contributed by atoms with Crippen LogP contribution in [0.4, 0.5) is 0 Å². The molecule has 0 fully saturated rings. The van der Waals surface area contributed by atoms with Crippen LogP contribution in [-0.2, 0) is 13.1 Å². The maximum absolute atomic E-state index is 4.56. The van der Waals surface area contributed by atoms with E-state index in [1.54, 1.807) is 0 Å². The zero-order valence-electron chi connectivity index (χ0n) is 12.5. The molecule has 0 saturated heterocycles. The minimum absolute atomic E-state index is 0.555. The standard InChI is InChI=1S/C14H26BrN3/c1-7-18-13(14(15)12(6)16-18)9-17(11(4)5)8-10(2)3/h10-11H,7-9H2,1-6H3. The number of aryl methyl sites for hydroxylation is 2. The number of hydrogen-bond acceptors (Lipinski definition) is 2. The fourth-order valence-electron chi connectivity index (χ4n) is 2.14. The van der Waals surface area contributed by atoms with Gasteiger partial charge in [0.05, 0.1) is 15.9 Å². The van der Waals surface area contributed by atoms with Crippen molar-refractivity contribution in [2.24, 2.45) is 5.92 Å². The molecule has 3 nitrogen and oxygen atoms in total. The highest BCUT2D eigenvalue weighted by molar-refractivity contribution is 9.10. The number of nitrogens with zero attached hydrogens (tertiary/aromatic N) is 3. The summed E-state index contributed by atoms with van der Waals surface area (Å²) < 4.78 is 3.27. The van der Waals surface area contributed by atoms with Gasteiger partial charge >= 0.3 is 0 Å². The van der Waals surface area contributed by atoms with Crippen molar-refractivity contribution in [2.75, 3.05) is 6.54 Å². The lowest BCUT2D eigenvalue weighted by atomic mass is 10.1. The summed E-state index contributed by atoms with van der Waals surface area (Å²) in [6.45, 7) is 16.3. The van der Waals surface area contributed by atoms with Gasteiger partial charge in [0.1, 0.15) is 0 Å². The zero-order valence-corrected chi connectivity index (χ0v) is 14.1. The molecule has 0 aliphatic heterocycles. The number of halogens is 1. The molecule has 18 heavy (non-hydrogen) atoms. The van der Waals surface area contributed by atoms with Crippen LogP contribution in [0.1, 0.15) is 46.0 Å². The van der Waals surface area contributed by atoms with Crippen LogP contribution in [0.15, 0.2) is 4.47 Å². The molecule has 0 amide bonds. The van der Waals surface area contributed by atoms with Gasteiger partial charge in [-0.1, -0.05) is 13.8 Å². The van der Waals surface area contributed by atoms with E-state index in [1.165, 1.54) is 10.2 Å². The Morgan fingerprint density at radius 1 is 1.28 bits per heavy atom. The van der Waals surface area contributed by atoms with E-state index in [4.69, 9.17) is 0 Å². The average molecular weight is 316 g/mol. The average Bonchev–Trinajstić information content (AvgIpc) is 2.55.